The van der Waals surface area contributed by atoms with Gasteiger partial charge in [-0.15, -0.1) is 8.42 Å². The van der Waals surface area contributed by atoms with Crippen LogP contribution in [0.3, 0.4) is 0 Å². The number of carbonyl (C=O) groups excluding carboxylic acids is 7. The SMILES string of the molecule is CC(O)C1NC(=O)C(N)CC(O)C(O)NC(=O)C2C(O)C(C)CN2C(=O)C(C(O)CC(N)=O)NC(=O)C(C(O)C(O)c2ccc(O)c(OS(=O)(=O)[OH2+])c2)NC(=O)C2CC(O)CN2C1=O. The topological polar surface area (TPSA) is 474 Å². The van der Waals surface area contributed by atoms with Gasteiger partial charge in [0.15, 0.2) is 17.7 Å². The van der Waals surface area contributed by atoms with Crippen molar-refractivity contribution in [3.63, 3.8) is 0 Å². The number of benzene rings is 1. The molecule has 0 radical (unpaired) electrons. The van der Waals surface area contributed by atoms with E-state index in [0.717, 1.165) is 19.1 Å². The van der Waals surface area contributed by atoms with Gasteiger partial charge in [-0.3, -0.25) is 38.1 Å². The standard InChI is InChI=1S/C35H52N8O20S/c1-11-9-43-25(26(11)50)33(57)41-31(55)19(48)7-15(36)29(53)38-22(12(2)44)34(58)42-10-14(45)6-16(42)30(54)40-24(32(56)39-23(35(43)59)18(47)8-21(37)49)28(52)27(51)13-3-4-17(46)20(5-13)63-64(60,61)62/h3-5,11-12,14-16,18-19,22-28,31,44-48,50-52,55H,6-10,36H2,1-2H3,(H2,37,49)(H,38,53)(H,39,56)(H,40,54)(H,41,57)(H,60,61,62)/p+1. The van der Waals surface area contributed by atoms with Crippen molar-refractivity contribution < 1.29 is 96.7 Å². The molecule has 3 aliphatic heterocycles. The molecule has 64 heavy (non-hydrogen) atoms. The molecular weight excluding hydrogens is 884 g/mol. The van der Waals surface area contributed by atoms with Crippen LogP contribution in [0.2, 0.25) is 0 Å². The summed E-state index contributed by atoms with van der Waals surface area (Å²) in [5.41, 5.74) is 10.6. The molecule has 0 bridgehead atoms. The fraction of sp³-hybridized carbons (Fsp3) is 0.629. The number of phenols is 1. The summed E-state index contributed by atoms with van der Waals surface area (Å²) in [4.78, 5) is 96.7. The van der Waals surface area contributed by atoms with Crippen LogP contribution in [0.4, 0.5) is 0 Å². The summed E-state index contributed by atoms with van der Waals surface area (Å²) >= 11 is 0. The Balaban J connectivity index is 1.88. The highest BCUT2D eigenvalue weighted by Crippen LogP contribution is 2.32. The van der Waals surface area contributed by atoms with Gasteiger partial charge in [-0.1, -0.05) is 13.0 Å². The smallest absolute Gasteiger partial charge is 0.504 e. The number of nitrogens with two attached hydrogens (primary N) is 2. The average Bonchev–Trinajstić information content (AvgIpc) is 3.74. The quantitative estimate of drug-likeness (QED) is 0.102. The Kier molecular flexibility index (Phi) is 16.6. The number of nitrogens with zero attached hydrogens (tertiary/aromatic N) is 2. The maximum atomic E-state index is 14.3. The molecule has 0 saturated carbocycles. The van der Waals surface area contributed by atoms with E-state index in [9.17, 15) is 87.9 Å². The number of carbonyl (C=O) groups is 7. The van der Waals surface area contributed by atoms with Gasteiger partial charge in [-0.2, -0.15) is 0 Å². The molecule has 1 aromatic rings. The van der Waals surface area contributed by atoms with Gasteiger partial charge in [-0.05, 0) is 24.6 Å². The van der Waals surface area contributed by atoms with Crippen LogP contribution in [0.25, 0.3) is 0 Å². The van der Waals surface area contributed by atoms with Crippen molar-refractivity contribution in [3.8, 4) is 11.5 Å². The van der Waals surface area contributed by atoms with Crippen molar-refractivity contribution in [1.82, 2.24) is 31.1 Å². The van der Waals surface area contributed by atoms with Gasteiger partial charge in [0.2, 0.25) is 41.4 Å². The fourth-order valence-corrected chi connectivity index (χ4v) is 7.78. The third-order valence-corrected chi connectivity index (χ3v) is 11.2. The van der Waals surface area contributed by atoms with Crippen LogP contribution in [0.1, 0.15) is 44.8 Å². The molecule has 15 unspecified atom stereocenters. The second-order valence-electron chi connectivity index (χ2n) is 15.8. The number of fused-ring (bicyclic) bond motifs is 2. The minimum Gasteiger partial charge on any atom is -0.504 e. The number of amides is 7. The first-order valence-corrected chi connectivity index (χ1v) is 20.9. The highest BCUT2D eigenvalue weighted by molar-refractivity contribution is 7.81. The molecule has 7 amide bonds. The Morgan fingerprint density at radius 1 is 0.859 bits per heavy atom. The Morgan fingerprint density at radius 3 is 2.05 bits per heavy atom. The van der Waals surface area contributed by atoms with E-state index in [1.54, 1.807) is 0 Å². The maximum absolute atomic E-state index is 14.3. The van der Waals surface area contributed by atoms with Crippen molar-refractivity contribution in [3.05, 3.63) is 23.8 Å². The highest BCUT2D eigenvalue weighted by atomic mass is 32.3. The second-order valence-corrected chi connectivity index (χ2v) is 16.9. The third kappa shape index (κ3) is 12.1. The number of aromatic hydroxyl groups is 1. The predicted octanol–water partition coefficient (Wildman–Crippen LogP) is -10.1. The van der Waals surface area contributed by atoms with Gasteiger partial charge >= 0.3 is 10.4 Å². The molecule has 3 fully saturated rings. The van der Waals surface area contributed by atoms with Crippen molar-refractivity contribution in [2.75, 3.05) is 13.1 Å². The lowest BCUT2D eigenvalue weighted by Crippen LogP contribution is -2.64. The molecule has 29 heteroatoms. The molecule has 358 valence electrons. The molecule has 15 atom stereocenters. The largest absolute Gasteiger partial charge is 0.581 e. The van der Waals surface area contributed by atoms with Gasteiger partial charge < -0.3 is 92.7 Å². The molecular formula is C35H53N8O20S+. The van der Waals surface area contributed by atoms with Crippen molar-refractivity contribution >= 4 is 51.7 Å². The molecule has 3 heterocycles. The van der Waals surface area contributed by atoms with Crippen LogP contribution in [0.15, 0.2) is 18.2 Å². The Hall–Kier alpha value is -5.34. The van der Waals surface area contributed by atoms with E-state index in [-0.39, 0.29) is 0 Å². The van der Waals surface area contributed by atoms with Crippen LogP contribution >= 0.6 is 0 Å². The summed E-state index contributed by atoms with van der Waals surface area (Å²) in [7, 11) is -5.05. The molecule has 0 aromatic heterocycles. The number of aliphatic hydroxyl groups excluding tert-OH is 8. The van der Waals surface area contributed by atoms with Gasteiger partial charge in [0.1, 0.15) is 48.5 Å². The van der Waals surface area contributed by atoms with Crippen LogP contribution < -0.4 is 36.9 Å². The normalized spacial score (nSPS) is 32.4. The molecule has 19 N–H and O–H groups in total. The van der Waals surface area contributed by atoms with Crippen molar-refractivity contribution in [2.24, 2.45) is 17.4 Å². The first kappa shape index (κ1) is 51.3. The van der Waals surface area contributed by atoms with E-state index < -0.39 is 192 Å². The van der Waals surface area contributed by atoms with Gasteiger partial charge in [-0.25, -0.2) is 0 Å². The van der Waals surface area contributed by atoms with Gasteiger partial charge in [0, 0.05) is 31.8 Å². The monoisotopic (exact) mass is 937 g/mol. The van der Waals surface area contributed by atoms with E-state index in [1.807, 2.05) is 10.6 Å². The van der Waals surface area contributed by atoms with Crippen molar-refractivity contribution in [1.29, 1.82) is 0 Å². The van der Waals surface area contributed by atoms with Crippen molar-refractivity contribution in [2.45, 2.75) is 118 Å². The molecule has 3 saturated heterocycles. The number of nitrogens with one attached hydrogen (secondary N) is 4. The van der Waals surface area contributed by atoms with Crippen LogP contribution in [0.5, 0.6) is 11.5 Å². The molecule has 0 aliphatic carbocycles. The Morgan fingerprint density at radius 2 is 1.45 bits per heavy atom. The first-order valence-electron chi connectivity index (χ1n) is 19.5. The molecule has 28 nitrogen and oxygen atoms in total. The van der Waals surface area contributed by atoms with E-state index in [4.69, 9.17) is 16.0 Å². The number of primary amides is 1. The van der Waals surface area contributed by atoms with Crippen LogP contribution in [0, 0.1) is 5.92 Å². The van der Waals surface area contributed by atoms with Crippen LogP contribution in [-0.4, -0.2) is 202 Å². The van der Waals surface area contributed by atoms with E-state index in [1.165, 1.54) is 6.92 Å². The highest BCUT2D eigenvalue weighted by Gasteiger charge is 2.50. The van der Waals surface area contributed by atoms with Gasteiger partial charge in [0.05, 0.1) is 36.9 Å². The fourth-order valence-electron chi connectivity index (χ4n) is 7.41. The number of phenolic OH excluding ortho intramolecular Hbond substituents is 1. The van der Waals surface area contributed by atoms with Gasteiger partial charge in [0.25, 0.3) is 0 Å². The minimum absolute atomic E-state index is 0.503. The summed E-state index contributed by atoms with van der Waals surface area (Å²) in [6.45, 7) is 1.28. The number of hydrogen-bond acceptors (Lipinski definition) is 20. The molecule has 4 rings (SSSR count). The number of rotatable bonds is 9. The minimum atomic E-state index is -5.05. The molecule has 1 aromatic carbocycles. The maximum Gasteiger partial charge on any atom is 0.581 e. The Bertz CT molecular complexity index is 2060. The zero-order valence-corrected chi connectivity index (χ0v) is 34.8. The summed E-state index contributed by atoms with van der Waals surface area (Å²) in [6, 6.07) is -10.1. The lowest BCUT2D eigenvalue weighted by molar-refractivity contribution is -0.149. The second kappa shape index (κ2) is 20.7. The summed E-state index contributed by atoms with van der Waals surface area (Å²) in [5, 5.41) is 106. The summed E-state index contributed by atoms with van der Waals surface area (Å²) in [6.07, 6.45) is -19.0. The average molecular weight is 938 g/mol. The molecule has 3 aliphatic rings. The van der Waals surface area contributed by atoms with E-state index in [2.05, 4.69) is 14.8 Å². The van der Waals surface area contributed by atoms with Crippen LogP contribution in [-0.2, 0) is 44.0 Å². The number of hydrogen-bond donors (Lipinski definition) is 15. The summed E-state index contributed by atoms with van der Waals surface area (Å²) < 4.78 is 34.4. The number of aliphatic hydroxyl groups is 8. The van der Waals surface area contributed by atoms with E-state index in [0.29, 0.717) is 15.9 Å². The summed E-state index contributed by atoms with van der Waals surface area (Å²) in [5.74, 6) is -12.2. The lowest BCUT2D eigenvalue weighted by Gasteiger charge is -2.34. The zero-order valence-electron chi connectivity index (χ0n) is 34.0. The Labute approximate surface area is 363 Å². The molecule has 0 spiro atoms. The van der Waals surface area contributed by atoms with E-state index >= 15 is 0 Å². The predicted molar refractivity (Wildman–Crippen MR) is 209 cm³/mol. The first-order chi connectivity index (χ1) is 29.6. The zero-order chi connectivity index (χ0) is 48.3. The third-order valence-electron chi connectivity index (χ3n) is 10.8. The lowest BCUT2D eigenvalue weighted by atomic mass is 9.96.